The van der Waals surface area contributed by atoms with Gasteiger partial charge in [-0.1, -0.05) is 12.1 Å². The van der Waals surface area contributed by atoms with E-state index in [1.165, 1.54) is 0 Å². The molecule has 1 aromatic carbocycles. The Labute approximate surface area is 135 Å². The Morgan fingerprint density at radius 3 is 2.70 bits per heavy atom. The van der Waals surface area contributed by atoms with Gasteiger partial charge in [0.05, 0.1) is 11.1 Å². The van der Waals surface area contributed by atoms with Crippen molar-refractivity contribution < 1.29 is 9.53 Å². The molecule has 0 heterocycles. The van der Waals surface area contributed by atoms with Crippen molar-refractivity contribution in [2.45, 2.75) is 25.8 Å². The number of carbonyl (C=O) groups excluding carboxylic acids is 1. The second-order valence-corrected chi connectivity index (χ2v) is 5.33. The van der Waals surface area contributed by atoms with Crippen LogP contribution in [0.25, 0.3) is 0 Å². The number of halogens is 2. The number of hydrogen-bond donors (Lipinski definition) is 1. The number of benzene rings is 1. The SMILES string of the molecule is CC(CN)N(C)C(=O)CCCOc1ccccc1Br.Cl. The molecule has 1 aromatic rings. The molecule has 0 saturated heterocycles. The van der Waals surface area contributed by atoms with E-state index in [9.17, 15) is 4.79 Å². The maximum absolute atomic E-state index is 11.8. The molecule has 0 aliphatic heterocycles. The molecule has 6 heteroatoms. The fraction of sp³-hybridized carbons (Fsp3) is 0.500. The molecular formula is C14H22BrClN2O2. The van der Waals surface area contributed by atoms with Crippen molar-refractivity contribution >= 4 is 34.2 Å². The van der Waals surface area contributed by atoms with Crippen LogP contribution in [0.15, 0.2) is 28.7 Å². The normalized spacial score (nSPS) is 11.4. The van der Waals surface area contributed by atoms with Gasteiger partial charge in [0.15, 0.2) is 0 Å². The van der Waals surface area contributed by atoms with E-state index in [-0.39, 0.29) is 24.4 Å². The summed E-state index contributed by atoms with van der Waals surface area (Å²) < 4.78 is 6.54. The first-order valence-corrected chi connectivity index (χ1v) is 7.18. The van der Waals surface area contributed by atoms with Crippen molar-refractivity contribution in [3.05, 3.63) is 28.7 Å². The number of rotatable bonds is 7. The van der Waals surface area contributed by atoms with Gasteiger partial charge in [0.25, 0.3) is 0 Å². The third-order valence-corrected chi connectivity index (χ3v) is 3.68. The van der Waals surface area contributed by atoms with Gasteiger partial charge in [-0.3, -0.25) is 4.79 Å². The van der Waals surface area contributed by atoms with Crippen molar-refractivity contribution in [1.82, 2.24) is 4.90 Å². The lowest BCUT2D eigenvalue weighted by molar-refractivity contribution is -0.131. The molecule has 0 radical (unpaired) electrons. The summed E-state index contributed by atoms with van der Waals surface area (Å²) in [6.45, 7) is 2.95. The zero-order chi connectivity index (χ0) is 14.3. The standard InChI is InChI=1S/C14H21BrN2O2.ClH/c1-11(10-16)17(2)14(18)8-5-9-19-13-7-4-3-6-12(13)15;/h3-4,6-7,11H,5,8-10,16H2,1-2H3;1H. The van der Waals surface area contributed by atoms with Crippen LogP contribution in [-0.4, -0.2) is 37.0 Å². The van der Waals surface area contributed by atoms with Crippen molar-refractivity contribution in [2.24, 2.45) is 5.73 Å². The van der Waals surface area contributed by atoms with E-state index in [2.05, 4.69) is 15.9 Å². The summed E-state index contributed by atoms with van der Waals surface area (Å²) in [7, 11) is 1.79. The minimum atomic E-state index is 0. The smallest absolute Gasteiger partial charge is 0.222 e. The number of para-hydroxylation sites is 1. The summed E-state index contributed by atoms with van der Waals surface area (Å²) in [6, 6.07) is 7.76. The quantitative estimate of drug-likeness (QED) is 0.756. The number of amides is 1. The molecule has 0 saturated carbocycles. The molecule has 1 amide bonds. The molecule has 0 fully saturated rings. The monoisotopic (exact) mass is 364 g/mol. The van der Waals surface area contributed by atoms with Crippen LogP contribution in [0.1, 0.15) is 19.8 Å². The van der Waals surface area contributed by atoms with Crippen LogP contribution in [0.2, 0.25) is 0 Å². The summed E-state index contributed by atoms with van der Waals surface area (Å²) in [5, 5.41) is 0. The fourth-order valence-electron chi connectivity index (χ4n) is 1.55. The van der Waals surface area contributed by atoms with Gasteiger partial charge >= 0.3 is 0 Å². The molecule has 4 nitrogen and oxygen atoms in total. The Balaban J connectivity index is 0.00000361. The van der Waals surface area contributed by atoms with E-state index >= 15 is 0 Å². The molecule has 0 bridgehead atoms. The zero-order valence-corrected chi connectivity index (χ0v) is 14.2. The van der Waals surface area contributed by atoms with Gasteiger partial charge in [0, 0.05) is 26.1 Å². The molecule has 114 valence electrons. The Kier molecular flexibility index (Phi) is 9.63. The minimum absolute atomic E-state index is 0. The first kappa shape index (κ1) is 19.2. The Morgan fingerprint density at radius 1 is 1.45 bits per heavy atom. The van der Waals surface area contributed by atoms with Gasteiger partial charge in [-0.25, -0.2) is 0 Å². The van der Waals surface area contributed by atoms with Crippen molar-refractivity contribution in [3.63, 3.8) is 0 Å². The van der Waals surface area contributed by atoms with E-state index < -0.39 is 0 Å². The number of ether oxygens (including phenoxy) is 1. The van der Waals surface area contributed by atoms with Gasteiger partial charge in [0.1, 0.15) is 5.75 Å². The first-order valence-electron chi connectivity index (χ1n) is 6.39. The maximum Gasteiger partial charge on any atom is 0.222 e. The summed E-state index contributed by atoms with van der Waals surface area (Å²) in [5.41, 5.74) is 5.53. The summed E-state index contributed by atoms with van der Waals surface area (Å²) in [5.74, 6) is 0.910. The molecule has 0 aliphatic carbocycles. The molecule has 2 N–H and O–H groups in total. The topological polar surface area (TPSA) is 55.6 Å². The highest BCUT2D eigenvalue weighted by molar-refractivity contribution is 9.10. The summed E-state index contributed by atoms with van der Waals surface area (Å²) >= 11 is 3.41. The van der Waals surface area contributed by atoms with Crippen LogP contribution >= 0.6 is 28.3 Å². The Hall–Kier alpha value is -0.780. The zero-order valence-electron chi connectivity index (χ0n) is 11.8. The lowest BCUT2D eigenvalue weighted by Crippen LogP contribution is -2.39. The van der Waals surface area contributed by atoms with E-state index in [0.717, 1.165) is 10.2 Å². The average molecular weight is 366 g/mol. The molecule has 1 rings (SSSR count). The van der Waals surface area contributed by atoms with Gasteiger partial charge in [-0.05, 0) is 41.4 Å². The largest absolute Gasteiger partial charge is 0.492 e. The number of carbonyl (C=O) groups is 1. The molecule has 0 spiro atoms. The van der Waals surface area contributed by atoms with E-state index in [1.807, 2.05) is 31.2 Å². The van der Waals surface area contributed by atoms with Crippen molar-refractivity contribution in [1.29, 1.82) is 0 Å². The molecule has 1 unspecified atom stereocenters. The van der Waals surface area contributed by atoms with Crippen molar-refractivity contribution in [2.75, 3.05) is 20.2 Å². The van der Waals surface area contributed by atoms with Gasteiger partial charge in [0.2, 0.25) is 5.91 Å². The van der Waals surface area contributed by atoms with Gasteiger partial charge in [-0.15, -0.1) is 12.4 Å². The fourth-order valence-corrected chi connectivity index (χ4v) is 1.95. The van der Waals surface area contributed by atoms with E-state index in [4.69, 9.17) is 10.5 Å². The molecule has 1 atom stereocenters. The van der Waals surface area contributed by atoms with E-state index in [0.29, 0.717) is 26.0 Å². The lowest BCUT2D eigenvalue weighted by Gasteiger charge is -2.23. The highest BCUT2D eigenvalue weighted by Gasteiger charge is 2.13. The second-order valence-electron chi connectivity index (χ2n) is 4.47. The predicted molar refractivity (Wildman–Crippen MR) is 87.4 cm³/mol. The van der Waals surface area contributed by atoms with Crippen LogP contribution in [0.4, 0.5) is 0 Å². The van der Waals surface area contributed by atoms with Gasteiger partial charge < -0.3 is 15.4 Å². The lowest BCUT2D eigenvalue weighted by atomic mass is 10.2. The predicted octanol–water partition coefficient (Wildman–Crippen LogP) is 2.84. The third kappa shape index (κ3) is 6.11. The number of likely N-dealkylation sites (N-methyl/N-ethyl adjacent to an activating group) is 1. The summed E-state index contributed by atoms with van der Waals surface area (Å²) in [6.07, 6.45) is 1.17. The van der Waals surface area contributed by atoms with Crippen LogP contribution < -0.4 is 10.5 Å². The number of hydrogen-bond acceptors (Lipinski definition) is 3. The Bertz CT molecular complexity index is 418. The molecule has 20 heavy (non-hydrogen) atoms. The summed E-state index contributed by atoms with van der Waals surface area (Å²) in [4.78, 5) is 13.5. The van der Waals surface area contributed by atoms with Crippen LogP contribution in [0.5, 0.6) is 5.75 Å². The minimum Gasteiger partial charge on any atom is -0.492 e. The highest BCUT2D eigenvalue weighted by Crippen LogP contribution is 2.23. The second kappa shape index (κ2) is 10.0. The van der Waals surface area contributed by atoms with Crippen molar-refractivity contribution in [3.8, 4) is 5.75 Å². The highest BCUT2D eigenvalue weighted by atomic mass is 79.9. The third-order valence-electron chi connectivity index (χ3n) is 3.02. The molecule has 0 aromatic heterocycles. The maximum atomic E-state index is 11.8. The van der Waals surface area contributed by atoms with Crippen LogP contribution in [-0.2, 0) is 4.79 Å². The van der Waals surface area contributed by atoms with Gasteiger partial charge in [-0.2, -0.15) is 0 Å². The van der Waals surface area contributed by atoms with E-state index in [1.54, 1.807) is 11.9 Å². The Morgan fingerprint density at radius 2 is 2.10 bits per heavy atom. The van der Waals surface area contributed by atoms with Crippen LogP contribution in [0, 0.1) is 0 Å². The molecular weight excluding hydrogens is 344 g/mol. The molecule has 0 aliphatic rings. The first-order chi connectivity index (χ1) is 9.06. The number of nitrogens with zero attached hydrogens (tertiary/aromatic N) is 1. The number of nitrogens with two attached hydrogens (primary N) is 1. The average Bonchev–Trinajstić information content (AvgIpc) is 2.43. The van der Waals surface area contributed by atoms with Crippen LogP contribution in [0.3, 0.4) is 0 Å².